The monoisotopic (exact) mass is 409 g/mol. The highest BCUT2D eigenvalue weighted by Gasteiger charge is 2.13. The number of nitrogens with one attached hydrogen (secondary N) is 1. The van der Waals surface area contributed by atoms with Crippen LogP contribution in [0.5, 0.6) is 0 Å². The molecule has 1 aromatic carbocycles. The average molecular weight is 410 g/mol. The van der Waals surface area contributed by atoms with Crippen molar-refractivity contribution >= 4 is 34.9 Å². The molecule has 1 N–H and O–H groups in total. The molecule has 0 atom stereocenters. The van der Waals surface area contributed by atoms with Crippen LogP contribution in [0, 0.1) is 19.7 Å². The van der Waals surface area contributed by atoms with Crippen LogP contribution in [0.3, 0.4) is 0 Å². The Kier molecular flexibility index (Phi) is 5.82. The average Bonchev–Trinajstić information content (AvgIpc) is 3.09. The van der Waals surface area contributed by atoms with Crippen LogP contribution in [0.1, 0.15) is 23.4 Å². The van der Waals surface area contributed by atoms with Crippen molar-refractivity contribution in [1.82, 2.24) is 19.6 Å². The molecule has 0 fully saturated rings. The van der Waals surface area contributed by atoms with E-state index in [1.807, 2.05) is 13.8 Å². The lowest BCUT2D eigenvalue weighted by Crippen LogP contribution is -2.16. The van der Waals surface area contributed by atoms with Gasteiger partial charge in [0.15, 0.2) is 5.82 Å². The summed E-state index contributed by atoms with van der Waals surface area (Å²) in [6.45, 7) is 4.49. The molecule has 0 radical (unpaired) electrons. The maximum absolute atomic E-state index is 13.0. The molecule has 0 unspecified atom stereocenters. The van der Waals surface area contributed by atoms with Gasteiger partial charge in [-0.25, -0.2) is 4.39 Å². The molecule has 0 saturated carbocycles. The van der Waals surface area contributed by atoms with E-state index < -0.39 is 0 Å². The highest BCUT2D eigenvalue weighted by molar-refractivity contribution is 6.33. The standard InChI is InChI=1S/C18H18Cl2FN5O/c1-11-17(20)12(2)26(23-11)8-7-16(27)22-18-15(19)10-25(24-18)9-13-3-5-14(21)6-4-13/h3-6,10H,7-9H2,1-2H3,(H,22,24,27). The van der Waals surface area contributed by atoms with E-state index in [1.54, 1.807) is 27.7 Å². The molecule has 0 aliphatic rings. The third-order valence-corrected chi connectivity index (χ3v) is 4.90. The lowest BCUT2D eigenvalue weighted by atomic mass is 10.2. The Morgan fingerprint density at radius 2 is 1.89 bits per heavy atom. The Hall–Kier alpha value is -2.38. The lowest BCUT2D eigenvalue weighted by Gasteiger charge is -2.05. The smallest absolute Gasteiger partial charge is 0.227 e. The topological polar surface area (TPSA) is 64.7 Å². The summed E-state index contributed by atoms with van der Waals surface area (Å²) in [5.74, 6) is -0.239. The maximum atomic E-state index is 13.0. The summed E-state index contributed by atoms with van der Waals surface area (Å²) in [5, 5.41) is 12.2. The summed E-state index contributed by atoms with van der Waals surface area (Å²) in [5.41, 5.74) is 2.43. The number of anilines is 1. The first-order valence-electron chi connectivity index (χ1n) is 8.30. The van der Waals surface area contributed by atoms with Gasteiger partial charge in [-0.05, 0) is 31.5 Å². The van der Waals surface area contributed by atoms with Crippen molar-refractivity contribution in [1.29, 1.82) is 0 Å². The highest BCUT2D eigenvalue weighted by Crippen LogP contribution is 2.21. The van der Waals surface area contributed by atoms with Crippen LogP contribution in [0.15, 0.2) is 30.5 Å². The quantitative estimate of drug-likeness (QED) is 0.662. The zero-order valence-corrected chi connectivity index (χ0v) is 16.4. The largest absolute Gasteiger partial charge is 0.308 e. The minimum absolute atomic E-state index is 0.208. The molecular formula is C18H18Cl2FN5O. The number of benzene rings is 1. The zero-order valence-electron chi connectivity index (χ0n) is 14.8. The SMILES string of the molecule is Cc1nn(CCC(=O)Nc2nn(Cc3ccc(F)cc3)cc2Cl)c(C)c1Cl. The van der Waals surface area contributed by atoms with Crippen LogP contribution in [-0.4, -0.2) is 25.5 Å². The van der Waals surface area contributed by atoms with E-state index in [4.69, 9.17) is 23.2 Å². The Balaban J connectivity index is 1.60. The van der Waals surface area contributed by atoms with Gasteiger partial charge in [-0.15, -0.1) is 0 Å². The number of carbonyl (C=O) groups is 1. The summed E-state index contributed by atoms with van der Waals surface area (Å²) in [6.07, 6.45) is 1.82. The first-order valence-corrected chi connectivity index (χ1v) is 9.06. The normalized spacial score (nSPS) is 11.0. The van der Waals surface area contributed by atoms with Gasteiger partial charge in [0.05, 0.1) is 29.5 Å². The molecule has 0 aliphatic carbocycles. The molecule has 6 nitrogen and oxygen atoms in total. The zero-order chi connectivity index (χ0) is 19.6. The Morgan fingerprint density at radius 1 is 1.19 bits per heavy atom. The number of carbonyl (C=O) groups excluding carboxylic acids is 1. The molecule has 2 heterocycles. The number of amides is 1. The van der Waals surface area contributed by atoms with Crippen LogP contribution >= 0.6 is 23.2 Å². The molecule has 2 aromatic heterocycles. The summed E-state index contributed by atoms with van der Waals surface area (Å²) in [4.78, 5) is 12.2. The minimum Gasteiger partial charge on any atom is -0.308 e. The van der Waals surface area contributed by atoms with Gasteiger partial charge in [0.25, 0.3) is 0 Å². The van der Waals surface area contributed by atoms with Gasteiger partial charge in [-0.2, -0.15) is 10.2 Å². The third-order valence-electron chi connectivity index (χ3n) is 4.08. The molecular weight excluding hydrogens is 392 g/mol. The van der Waals surface area contributed by atoms with Crippen LogP contribution in [0.25, 0.3) is 0 Å². The third kappa shape index (κ3) is 4.67. The first-order chi connectivity index (χ1) is 12.8. The summed E-state index contributed by atoms with van der Waals surface area (Å²) in [7, 11) is 0. The number of hydrogen-bond donors (Lipinski definition) is 1. The second-order valence-corrected chi connectivity index (χ2v) is 6.94. The Bertz CT molecular complexity index is 965. The summed E-state index contributed by atoms with van der Waals surface area (Å²) in [6, 6.07) is 6.11. The molecule has 0 bridgehead atoms. The highest BCUT2D eigenvalue weighted by atomic mass is 35.5. The fourth-order valence-electron chi connectivity index (χ4n) is 2.63. The minimum atomic E-state index is -0.297. The van der Waals surface area contributed by atoms with Crippen molar-refractivity contribution in [2.24, 2.45) is 0 Å². The number of nitrogens with zero attached hydrogens (tertiary/aromatic N) is 4. The molecule has 1 amide bonds. The van der Waals surface area contributed by atoms with Crippen molar-refractivity contribution in [3.05, 3.63) is 63.3 Å². The van der Waals surface area contributed by atoms with Crippen LogP contribution in [-0.2, 0) is 17.9 Å². The number of hydrogen-bond acceptors (Lipinski definition) is 3. The molecule has 27 heavy (non-hydrogen) atoms. The van der Waals surface area contributed by atoms with Crippen molar-refractivity contribution in [2.75, 3.05) is 5.32 Å². The number of aromatic nitrogens is 4. The second-order valence-electron chi connectivity index (χ2n) is 6.16. The van der Waals surface area contributed by atoms with Gasteiger partial charge in [0.2, 0.25) is 5.91 Å². The van der Waals surface area contributed by atoms with Crippen LogP contribution in [0.4, 0.5) is 10.2 Å². The molecule has 0 aliphatic heterocycles. The van der Waals surface area contributed by atoms with E-state index in [0.29, 0.717) is 23.1 Å². The lowest BCUT2D eigenvalue weighted by molar-refractivity contribution is -0.116. The van der Waals surface area contributed by atoms with Crippen molar-refractivity contribution in [2.45, 2.75) is 33.4 Å². The van der Waals surface area contributed by atoms with E-state index >= 15 is 0 Å². The molecule has 0 spiro atoms. The predicted molar refractivity (Wildman–Crippen MR) is 103 cm³/mol. The number of halogens is 3. The maximum Gasteiger partial charge on any atom is 0.227 e. The van der Waals surface area contributed by atoms with Gasteiger partial charge in [-0.3, -0.25) is 14.2 Å². The van der Waals surface area contributed by atoms with E-state index in [1.165, 1.54) is 12.1 Å². The second kappa shape index (κ2) is 8.10. The predicted octanol–water partition coefficient (Wildman–Crippen LogP) is 4.22. The first kappa shape index (κ1) is 19.4. The van der Waals surface area contributed by atoms with Crippen LogP contribution in [0.2, 0.25) is 10.0 Å². The van der Waals surface area contributed by atoms with E-state index in [9.17, 15) is 9.18 Å². The fraction of sp³-hybridized carbons (Fsp3) is 0.278. The van der Waals surface area contributed by atoms with E-state index in [-0.39, 0.29) is 24.0 Å². The summed E-state index contributed by atoms with van der Waals surface area (Å²) >= 11 is 12.3. The molecule has 0 saturated heterocycles. The molecule has 3 aromatic rings. The van der Waals surface area contributed by atoms with Gasteiger partial charge in [-0.1, -0.05) is 35.3 Å². The number of rotatable bonds is 6. The van der Waals surface area contributed by atoms with Crippen LogP contribution < -0.4 is 5.32 Å². The van der Waals surface area contributed by atoms with Gasteiger partial charge >= 0.3 is 0 Å². The van der Waals surface area contributed by atoms with Gasteiger partial charge in [0.1, 0.15) is 10.8 Å². The molecule has 142 valence electrons. The molecule has 3 rings (SSSR count). The Labute approximate surface area is 165 Å². The van der Waals surface area contributed by atoms with Gasteiger partial charge < -0.3 is 5.32 Å². The van der Waals surface area contributed by atoms with Crippen molar-refractivity contribution < 1.29 is 9.18 Å². The van der Waals surface area contributed by atoms with Crippen molar-refractivity contribution in [3.63, 3.8) is 0 Å². The molecule has 9 heteroatoms. The van der Waals surface area contributed by atoms with E-state index in [0.717, 1.165) is 17.0 Å². The number of aryl methyl sites for hydroxylation is 2. The van der Waals surface area contributed by atoms with E-state index in [2.05, 4.69) is 15.5 Å². The van der Waals surface area contributed by atoms with Gasteiger partial charge in [0, 0.05) is 12.6 Å². The Morgan fingerprint density at radius 3 is 2.52 bits per heavy atom. The summed E-state index contributed by atoms with van der Waals surface area (Å²) < 4.78 is 16.3. The van der Waals surface area contributed by atoms with Crippen molar-refractivity contribution in [3.8, 4) is 0 Å². The fourth-order valence-corrected chi connectivity index (χ4v) is 2.97.